The highest BCUT2D eigenvalue weighted by molar-refractivity contribution is 7.89. The quantitative estimate of drug-likeness (QED) is 0.765. The Morgan fingerprint density at radius 1 is 1.20 bits per heavy atom. The summed E-state index contributed by atoms with van der Waals surface area (Å²) in [6, 6.07) is 6.57. The summed E-state index contributed by atoms with van der Waals surface area (Å²) in [7, 11) is -3.59. The maximum atomic E-state index is 12.4. The van der Waals surface area contributed by atoms with Crippen LogP contribution in [0.3, 0.4) is 0 Å². The third-order valence-corrected chi connectivity index (χ3v) is 5.99. The van der Waals surface area contributed by atoms with Gasteiger partial charge in [0.1, 0.15) is 5.75 Å². The van der Waals surface area contributed by atoms with Crippen LogP contribution in [-0.2, 0) is 14.8 Å². The van der Waals surface area contributed by atoms with Gasteiger partial charge in [0.05, 0.1) is 11.5 Å². The van der Waals surface area contributed by atoms with E-state index in [4.69, 9.17) is 4.74 Å². The lowest BCUT2D eigenvalue weighted by molar-refractivity contribution is -0.131. The van der Waals surface area contributed by atoms with Crippen LogP contribution < -0.4 is 9.46 Å². The fourth-order valence-electron chi connectivity index (χ4n) is 3.26. The summed E-state index contributed by atoms with van der Waals surface area (Å²) in [6.45, 7) is 4.57. The number of carbonyl (C=O) groups is 1. The molecule has 1 aliphatic rings. The Balaban J connectivity index is 1.92. The van der Waals surface area contributed by atoms with Gasteiger partial charge in [-0.1, -0.05) is 19.3 Å². The Labute approximate surface area is 150 Å². The predicted octanol–water partition coefficient (Wildman–Crippen LogP) is 2.54. The van der Waals surface area contributed by atoms with Gasteiger partial charge in [-0.05, 0) is 44.0 Å². The molecule has 0 saturated heterocycles. The Morgan fingerprint density at radius 3 is 2.40 bits per heavy atom. The Hall–Kier alpha value is -1.60. The molecule has 0 heterocycles. The van der Waals surface area contributed by atoms with Gasteiger partial charge in [-0.25, -0.2) is 13.1 Å². The minimum Gasteiger partial charge on any atom is -0.494 e. The number of benzene rings is 1. The van der Waals surface area contributed by atoms with E-state index in [1.807, 2.05) is 6.92 Å². The van der Waals surface area contributed by atoms with Crippen LogP contribution in [0.2, 0.25) is 0 Å². The first-order valence-corrected chi connectivity index (χ1v) is 10.4. The molecule has 2 rings (SSSR count). The highest BCUT2D eigenvalue weighted by Gasteiger charge is 2.23. The Morgan fingerprint density at radius 2 is 1.84 bits per heavy atom. The van der Waals surface area contributed by atoms with Gasteiger partial charge in [0.15, 0.2) is 0 Å². The Bertz CT molecular complexity index is 652. The number of nitrogens with zero attached hydrogens (tertiary/aromatic N) is 1. The predicted molar refractivity (Wildman–Crippen MR) is 97.1 cm³/mol. The zero-order chi connectivity index (χ0) is 18.3. The largest absolute Gasteiger partial charge is 0.494 e. The average molecular weight is 368 g/mol. The molecule has 1 aliphatic carbocycles. The van der Waals surface area contributed by atoms with Crippen molar-refractivity contribution in [3.05, 3.63) is 24.3 Å². The van der Waals surface area contributed by atoms with Crippen LogP contribution in [0.4, 0.5) is 0 Å². The lowest BCUT2D eigenvalue weighted by atomic mass is 9.94. The van der Waals surface area contributed by atoms with Crippen molar-refractivity contribution in [1.82, 2.24) is 9.62 Å². The number of hydrogen-bond donors (Lipinski definition) is 1. The van der Waals surface area contributed by atoms with E-state index >= 15 is 0 Å². The molecule has 0 radical (unpaired) electrons. The van der Waals surface area contributed by atoms with E-state index in [-0.39, 0.29) is 23.4 Å². The summed E-state index contributed by atoms with van der Waals surface area (Å²) < 4.78 is 32.7. The minimum atomic E-state index is -3.59. The van der Waals surface area contributed by atoms with E-state index in [0.29, 0.717) is 18.9 Å². The number of hydrogen-bond acceptors (Lipinski definition) is 4. The van der Waals surface area contributed by atoms with Crippen LogP contribution >= 0.6 is 0 Å². The monoisotopic (exact) mass is 368 g/mol. The number of sulfonamides is 1. The number of ether oxygens (including phenoxy) is 1. The first-order valence-electron chi connectivity index (χ1n) is 8.94. The zero-order valence-electron chi connectivity index (χ0n) is 15.0. The van der Waals surface area contributed by atoms with E-state index in [1.54, 1.807) is 24.0 Å². The lowest BCUT2D eigenvalue weighted by Gasteiger charge is -2.33. The average Bonchev–Trinajstić information content (AvgIpc) is 2.60. The molecular formula is C18H28N2O4S. The van der Waals surface area contributed by atoms with Crippen LogP contribution in [0.5, 0.6) is 5.75 Å². The number of nitrogens with one attached hydrogen (secondary N) is 1. The molecule has 0 bridgehead atoms. The molecule has 7 heteroatoms. The van der Waals surface area contributed by atoms with Crippen molar-refractivity contribution in [3.8, 4) is 5.75 Å². The molecule has 0 aliphatic heterocycles. The number of rotatable bonds is 8. The van der Waals surface area contributed by atoms with Gasteiger partial charge in [0.25, 0.3) is 0 Å². The van der Waals surface area contributed by atoms with E-state index in [0.717, 1.165) is 25.7 Å². The standard InChI is InChI=1S/C18H28N2O4S/c1-3-24-17-9-11-18(12-10-17)25(22,23)19-13-14-20(15(2)21)16-7-5-4-6-8-16/h9-12,16,19H,3-8,13-14H2,1-2H3. The fraction of sp³-hybridized carbons (Fsp3) is 0.611. The van der Waals surface area contributed by atoms with Crippen molar-refractivity contribution in [2.45, 2.75) is 56.9 Å². The summed E-state index contributed by atoms with van der Waals surface area (Å²) in [6.07, 6.45) is 5.49. The molecule has 25 heavy (non-hydrogen) atoms. The molecule has 140 valence electrons. The third-order valence-electron chi connectivity index (χ3n) is 4.51. The van der Waals surface area contributed by atoms with E-state index < -0.39 is 10.0 Å². The maximum absolute atomic E-state index is 12.4. The normalized spacial score (nSPS) is 15.8. The fourth-order valence-corrected chi connectivity index (χ4v) is 4.28. The summed E-state index contributed by atoms with van der Waals surface area (Å²) in [5.74, 6) is 0.647. The third kappa shape index (κ3) is 5.71. The van der Waals surface area contributed by atoms with Gasteiger partial charge in [0.2, 0.25) is 15.9 Å². The van der Waals surface area contributed by atoms with Crippen molar-refractivity contribution in [2.75, 3.05) is 19.7 Å². The highest BCUT2D eigenvalue weighted by Crippen LogP contribution is 2.22. The van der Waals surface area contributed by atoms with E-state index in [1.165, 1.54) is 18.6 Å². The molecule has 1 aromatic carbocycles. The smallest absolute Gasteiger partial charge is 0.240 e. The molecular weight excluding hydrogens is 340 g/mol. The van der Waals surface area contributed by atoms with Crippen LogP contribution in [0.15, 0.2) is 29.2 Å². The van der Waals surface area contributed by atoms with Gasteiger partial charge in [0, 0.05) is 26.1 Å². The molecule has 1 fully saturated rings. The van der Waals surface area contributed by atoms with E-state index in [2.05, 4.69) is 4.72 Å². The van der Waals surface area contributed by atoms with E-state index in [9.17, 15) is 13.2 Å². The molecule has 0 aromatic heterocycles. The molecule has 1 saturated carbocycles. The van der Waals surface area contributed by atoms with Crippen molar-refractivity contribution in [1.29, 1.82) is 0 Å². The second-order valence-electron chi connectivity index (χ2n) is 6.31. The first kappa shape index (κ1) is 19.7. The van der Waals surface area contributed by atoms with Gasteiger partial charge >= 0.3 is 0 Å². The minimum absolute atomic E-state index is 0.00663. The first-order chi connectivity index (χ1) is 11.9. The second kappa shape index (κ2) is 9.20. The summed E-state index contributed by atoms with van der Waals surface area (Å²) in [5, 5.41) is 0. The lowest BCUT2D eigenvalue weighted by Crippen LogP contribution is -2.44. The Kier molecular flexibility index (Phi) is 7.25. The van der Waals surface area contributed by atoms with Crippen molar-refractivity contribution in [2.24, 2.45) is 0 Å². The van der Waals surface area contributed by atoms with Gasteiger partial charge in [-0.3, -0.25) is 4.79 Å². The zero-order valence-corrected chi connectivity index (χ0v) is 15.8. The summed E-state index contributed by atoms with van der Waals surface area (Å²) in [5.41, 5.74) is 0. The molecule has 0 spiro atoms. The number of amides is 1. The molecule has 0 unspecified atom stereocenters. The van der Waals surface area contributed by atoms with Crippen LogP contribution in [0.1, 0.15) is 46.0 Å². The van der Waals surface area contributed by atoms with Crippen molar-refractivity contribution >= 4 is 15.9 Å². The van der Waals surface area contributed by atoms with Gasteiger partial charge in [-0.15, -0.1) is 0 Å². The number of carbonyl (C=O) groups excluding carboxylic acids is 1. The SMILES string of the molecule is CCOc1ccc(S(=O)(=O)NCCN(C(C)=O)C2CCCCC2)cc1. The van der Waals surface area contributed by atoms with Crippen LogP contribution in [-0.4, -0.2) is 45.0 Å². The van der Waals surface area contributed by atoms with Gasteiger partial charge < -0.3 is 9.64 Å². The van der Waals surface area contributed by atoms with Crippen LogP contribution in [0, 0.1) is 0 Å². The highest BCUT2D eigenvalue weighted by atomic mass is 32.2. The second-order valence-corrected chi connectivity index (χ2v) is 8.07. The molecule has 1 aromatic rings. The maximum Gasteiger partial charge on any atom is 0.240 e. The van der Waals surface area contributed by atoms with Crippen molar-refractivity contribution < 1.29 is 17.9 Å². The van der Waals surface area contributed by atoms with Gasteiger partial charge in [-0.2, -0.15) is 0 Å². The summed E-state index contributed by atoms with van der Waals surface area (Å²) >= 11 is 0. The topological polar surface area (TPSA) is 75.7 Å². The molecule has 1 N–H and O–H groups in total. The van der Waals surface area contributed by atoms with Crippen molar-refractivity contribution in [3.63, 3.8) is 0 Å². The summed E-state index contributed by atoms with van der Waals surface area (Å²) in [4.78, 5) is 13.9. The molecule has 1 amide bonds. The molecule has 6 nitrogen and oxygen atoms in total. The van der Waals surface area contributed by atoms with Crippen LogP contribution in [0.25, 0.3) is 0 Å². The molecule has 0 atom stereocenters.